The van der Waals surface area contributed by atoms with E-state index in [9.17, 15) is 22.0 Å². The molecule has 1 aromatic carbocycles. The number of anilines is 2. The molecule has 0 bridgehead atoms. The average Bonchev–Trinajstić information content (AvgIpc) is 3.14. The number of aromatic nitrogens is 3. The zero-order valence-corrected chi connectivity index (χ0v) is 19.2. The zero-order valence-electron chi connectivity index (χ0n) is 16.8. The maximum absolute atomic E-state index is 14.0. The molecule has 2 aromatic heterocycles. The zero-order chi connectivity index (χ0) is 23.8. The number of nitrogens with two attached hydrogens (primary N) is 1. The van der Waals surface area contributed by atoms with Crippen molar-refractivity contribution in [2.75, 3.05) is 24.1 Å². The van der Waals surface area contributed by atoms with Crippen LogP contribution in [0.25, 0.3) is 0 Å². The Labute approximate surface area is 196 Å². The number of hydrogen-bond donors (Lipinski definition) is 2. The van der Waals surface area contributed by atoms with Crippen molar-refractivity contribution in [2.24, 2.45) is 0 Å². The fourth-order valence-electron chi connectivity index (χ4n) is 3.38. The lowest BCUT2D eigenvalue weighted by molar-refractivity contribution is 0.103. The van der Waals surface area contributed by atoms with E-state index < -0.39 is 33.0 Å². The van der Waals surface area contributed by atoms with Gasteiger partial charge in [0.2, 0.25) is 5.78 Å². The lowest BCUT2D eigenvalue weighted by atomic mass is 10.1. The average molecular weight is 515 g/mol. The third kappa shape index (κ3) is 4.81. The van der Waals surface area contributed by atoms with Crippen molar-refractivity contribution in [1.29, 1.82) is 0 Å². The van der Waals surface area contributed by atoms with Gasteiger partial charge in [0, 0.05) is 19.1 Å². The molecule has 3 heterocycles. The second-order valence-electron chi connectivity index (χ2n) is 7.16. The fraction of sp³-hybridized carbons (Fsp3) is 0.263. The Kier molecular flexibility index (Phi) is 6.56. The second-order valence-corrected chi connectivity index (χ2v) is 10.4. The van der Waals surface area contributed by atoms with Crippen molar-refractivity contribution in [1.82, 2.24) is 19.3 Å². The van der Waals surface area contributed by atoms with Gasteiger partial charge in [-0.25, -0.2) is 27.2 Å². The van der Waals surface area contributed by atoms with Gasteiger partial charge in [-0.1, -0.05) is 29.0 Å². The van der Waals surface area contributed by atoms with E-state index in [1.165, 1.54) is 10.5 Å². The molecule has 0 spiro atoms. The smallest absolute Gasteiger partial charge is 0.262 e. The molecule has 4 rings (SSSR count). The normalized spacial score (nSPS) is 15.5. The Morgan fingerprint density at radius 3 is 2.48 bits per heavy atom. The first kappa shape index (κ1) is 23.4. The maximum atomic E-state index is 14.0. The molecule has 3 N–H and O–H groups in total. The number of sulfonamides is 1. The number of nitrogens with zero attached hydrogens (tertiary/aromatic N) is 4. The number of carbonyl (C=O) groups is 1. The van der Waals surface area contributed by atoms with Crippen molar-refractivity contribution in [3.63, 3.8) is 0 Å². The van der Waals surface area contributed by atoms with Crippen molar-refractivity contribution in [3.8, 4) is 0 Å². The highest BCUT2D eigenvalue weighted by molar-refractivity contribution is 7.89. The lowest BCUT2D eigenvalue weighted by Crippen LogP contribution is -2.42. The van der Waals surface area contributed by atoms with Gasteiger partial charge in [0.15, 0.2) is 10.2 Å². The molecule has 0 saturated carbocycles. The van der Waals surface area contributed by atoms with E-state index in [0.29, 0.717) is 18.0 Å². The number of piperidine rings is 1. The number of nitrogens with one attached hydrogen (secondary N) is 1. The van der Waals surface area contributed by atoms with E-state index in [1.807, 2.05) is 0 Å². The van der Waals surface area contributed by atoms with E-state index in [0.717, 1.165) is 35.7 Å². The van der Waals surface area contributed by atoms with E-state index >= 15 is 0 Å². The van der Waals surface area contributed by atoms with Crippen LogP contribution in [0, 0.1) is 11.6 Å². The van der Waals surface area contributed by atoms with Crippen LogP contribution >= 0.6 is 22.9 Å². The van der Waals surface area contributed by atoms with E-state index in [1.54, 1.807) is 0 Å². The molecule has 33 heavy (non-hydrogen) atoms. The summed E-state index contributed by atoms with van der Waals surface area (Å²) in [4.78, 5) is 24.2. The van der Waals surface area contributed by atoms with Crippen LogP contribution in [0.4, 0.5) is 19.7 Å². The quantitative estimate of drug-likeness (QED) is 0.480. The number of halogens is 3. The van der Waals surface area contributed by atoms with Crippen LogP contribution in [0.2, 0.25) is 5.15 Å². The summed E-state index contributed by atoms with van der Waals surface area (Å²) in [6, 6.07) is 2.99. The Balaban J connectivity index is 1.43. The van der Waals surface area contributed by atoms with Crippen LogP contribution in [0.3, 0.4) is 0 Å². The Bertz CT molecular complexity index is 1290. The summed E-state index contributed by atoms with van der Waals surface area (Å²) in [5.74, 6) is -3.01. The van der Waals surface area contributed by atoms with Crippen LogP contribution in [-0.2, 0) is 10.0 Å². The molecule has 1 saturated heterocycles. The summed E-state index contributed by atoms with van der Waals surface area (Å²) >= 11 is 6.63. The predicted octanol–water partition coefficient (Wildman–Crippen LogP) is 2.94. The number of thiazole rings is 1. The van der Waals surface area contributed by atoms with Crippen LogP contribution in [0.15, 0.2) is 35.6 Å². The highest BCUT2D eigenvalue weighted by atomic mass is 35.5. The van der Waals surface area contributed by atoms with E-state index in [-0.39, 0.29) is 40.0 Å². The van der Waals surface area contributed by atoms with Gasteiger partial charge in [-0.15, -0.1) is 0 Å². The van der Waals surface area contributed by atoms with Gasteiger partial charge < -0.3 is 11.1 Å². The molecular weight excluding hydrogens is 498 g/mol. The number of hydrogen-bond acceptors (Lipinski definition) is 9. The van der Waals surface area contributed by atoms with Crippen molar-refractivity contribution >= 4 is 49.7 Å². The minimum Gasteiger partial charge on any atom is -0.382 e. The van der Waals surface area contributed by atoms with Crippen LogP contribution in [0.5, 0.6) is 0 Å². The number of benzene rings is 1. The standard InChI is InChI=1S/C19H17ClF2N6O3S2/c20-13-8-24-9-14(26-13)33(30,31)28-6-4-10(5-7-28)25-19-27-18(23)17(32-19)16(29)15-11(21)2-1-3-12(15)22/h1-3,8-10H,4-7,23H2,(H,25,27). The SMILES string of the molecule is Nc1nc(NC2CCN(S(=O)(=O)c3cncc(Cl)n3)CC2)sc1C(=O)c1c(F)cccc1F. The highest BCUT2D eigenvalue weighted by Gasteiger charge is 2.31. The molecule has 0 aliphatic carbocycles. The van der Waals surface area contributed by atoms with Crippen LogP contribution in [-0.4, -0.2) is 52.6 Å². The molecule has 174 valence electrons. The molecule has 0 amide bonds. The van der Waals surface area contributed by atoms with Gasteiger partial charge in [0.25, 0.3) is 10.0 Å². The third-order valence-electron chi connectivity index (χ3n) is 5.02. The topological polar surface area (TPSA) is 131 Å². The van der Waals surface area contributed by atoms with Crippen molar-refractivity contribution < 1.29 is 22.0 Å². The first-order valence-electron chi connectivity index (χ1n) is 9.66. The van der Waals surface area contributed by atoms with Crippen LogP contribution in [0.1, 0.15) is 28.1 Å². The molecule has 1 fully saturated rings. The molecule has 0 radical (unpaired) electrons. The molecule has 14 heteroatoms. The van der Waals surface area contributed by atoms with E-state index in [2.05, 4.69) is 20.3 Å². The molecular formula is C19H17ClF2N6O3S2. The number of carbonyl (C=O) groups excluding carboxylic acids is 1. The summed E-state index contributed by atoms with van der Waals surface area (Å²) < 4.78 is 54.7. The summed E-state index contributed by atoms with van der Waals surface area (Å²) in [6.45, 7) is 0.419. The maximum Gasteiger partial charge on any atom is 0.262 e. The van der Waals surface area contributed by atoms with Gasteiger partial charge >= 0.3 is 0 Å². The third-order valence-corrected chi connectivity index (χ3v) is 7.97. The lowest BCUT2D eigenvalue weighted by Gasteiger charge is -2.31. The summed E-state index contributed by atoms with van der Waals surface area (Å²) in [7, 11) is -3.83. The molecule has 1 aliphatic rings. The highest BCUT2D eigenvalue weighted by Crippen LogP contribution is 2.31. The largest absolute Gasteiger partial charge is 0.382 e. The Morgan fingerprint density at radius 1 is 1.18 bits per heavy atom. The fourth-order valence-corrected chi connectivity index (χ4v) is 5.85. The first-order chi connectivity index (χ1) is 15.7. The number of nitrogen functional groups attached to an aromatic ring is 1. The monoisotopic (exact) mass is 514 g/mol. The van der Waals surface area contributed by atoms with Crippen LogP contribution < -0.4 is 11.1 Å². The molecule has 9 nitrogen and oxygen atoms in total. The summed E-state index contributed by atoms with van der Waals surface area (Å²) in [5, 5.41) is 3.17. The Hall–Kier alpha value is -2.74. The van der Waals surface area contributed by atoms with Gasteiger partial charge in [-0.2, -0.15) is 4.31 Å². The molecule has 1 aliphatic heterocycles. The molecule has 0 unspecified atom stereocenters. The van der Waals surface area contributed by atoms with Gasteiger partial charge in [-0.3, -0.25) is 9.78 Å². The molecule has 0 atom stereocenters. The van der Waals surface area contributed by atoms with Gasteiger partial charge in [0.05, 0.1) is 18.0 Å². The summed E-state index contributed by atoms with van der Waals surface area (Å²) in [5.41, 5.74) is 5.13. The minimum atomic E-state index is -3.83. The first-order valence-corrected chi connectivity index (χ1v) is 12.3. The number of ketones is 1. The van der Waals surface area contributed by atoms with Crippen molar-refractivity contribution in [3.05, 3.63) is 57.8 Å². The predicted molar refractivity (Wildman–Crippen MR) is 119 cm³/mol. The van der Waals surface area contributed by atoms with Gasteiger partial charge in [-0.05, 0) is 25.0 Å². The summed E-state index contributed by atoms with van der Waals surface area (Å²) in [6.07, 6.45) is 3.27. The van der Waals surface area contributed by atoms with E-state index in [4.69, 9.17) is 17.3 Å². The van der Waals surface area contributed by atoms with Crippen molar-refractivity contribution in [2.45, 2.75) is 23.9 Å². The number of rotatable bonds is 6. The Morgan fingerprint density at radius 2 is 1.85 bits per heavy atom. The minimum absolute atomic E-state index is 0.0189. The second kappa shape index (κ2) is 9.25. The molecule has 3 aromatic rings. The van der Waals surface area contributed by atoms with Gasteiger partial charge in [0.1, 0.15) is 27.5 Å².